The van der Waals surface area contributed by atoms with Gasteiger partial charge in [-0.15, -0.1) is 0 Å². The lowest BCUT2D eigenvalue weighted by Crippen LogP contribution is -2.37. The molecule has 0 aliphatic heterocycles. The van der Waals surface area contributed by atoms with Crippen LogP contribution in [-0.4, -0.2) is 23.4 Å². The average molecular weight is 555 g/mol. The van der Waals surface area contributed by atoms with Crippen LogP contribution in [0.3, 0.4) is 0 Å². The Kier molecular flexibility index (Phi) is 10.2. The minimum Gasteiger partial charge on any atom is -0.478 e. The number of anilines is 2. The van der Waals surface area contributed by atoms with Crippen molar-refractivity contribution in [3.8, 4) is 5.75 Å². The fourth-order valence-electron chi connectivity index (χ4n) is 4.99. The zero-order valence-electron chi connectivity index (χ0n) is 21.7. The molecule has 0 radical (unpaired) electrons. The Morgan fingerprint density at radius 3 is 2.21 bits per heavy atom. The minimum absolute atomic E-state index is 0.0378. The van der Waals surface area contributed by atoms with E-state index in [1.54, 1.807) is 12.1 Å². The standard InChI is InChI=1S/C29H35F5N2O3/c30-28(31,32)18-20-6-11-23(12-7-20)29(33,34)39-25-14-8-19(9-15-25)16-22(27(37)38)5-3-1-2-4-21-10-13-24(35)17-26(21)36/h8-10,13-17,20,23H,1-7,11-12,18,35-36H2,(H,37,38). The van der Waals surface area contributed by atoms with Gasteiger partial charge in [-0.05, 0) is 98.8 Å². The molecule has 0 amide bonds. The number of ether oxygens (including phenoxy) is 1. The van der Waals surface area contributed by atoms with Crippen molar-refractivity contribution in [3.05, 3.63) is 59.2 Å². The molecule has 1 saturated carbocycles. The van der Waals surface area contributed by atoms with Crippen molar-refractivity contribution >= 4 is 23.4 Å². The summed E-state index contributed by atoms with van der Waals surface area (Å²) in [6.07, 6.45) is -3.74. The van der Waals surface area contributed by atoms with Crippen molar-refractivity contribution in [2.75, 3.05) is 11.5 Å². The van der Waals surface area contributed by atoms with Gasteiger partial charge in [-0.2, -0.15) is 22.0 Å². The number of aryl methyl sites for hydroxylation is 1. The van der Waals surface area contributed by atoms with Crippen LogP contribution in [0.2, 0.25) is 0 Å². The molecular weight excluding hydrogens is 519 g/mol. The molecule has 214 valence electrons. The lowest BCUT2D eigenvalue weighted by atomic mass is 9.80. The van der Waals surface area contributed by atoms with Crippen LogP contribution in [0.4, 0.5) is 33.3 Å². The number of unbranched alkanes of at least 4 members (excludes halogenated alkanes) is 2. The van der Waals surface area contributed by atoms with Crippen LogP contribution in [0.15, 0.2) is 48.0 Å². The second kappa shape index (κ2) is 13.2. The summed E-state index contributed by atoms with van der Waals surface area (Å²) in [5.41, 5.74) is 14.6. The van der Waals surface area contributed by atoms with Crippen LogP contribution in [-0.2, 0) is 11.2 Å². The number of hydrogen-bond donors (Lipinski definition) is 3. The van der Waals surface area contributed by atoms with Gasteiger partial charge in [0, 0.05) is 23.4 Å². The second-order valence-electron chi connectivity index (χ2n) is 10.3. The quantitative estimate of drug-likeness (QED) is 0.107. The number of alkyl halides is 5. The van der Waals surface area contributed by atoms with Crippen LogP contribution in [0.1, 0.15) is 68.9 Å². The van der Waals surface area contributed by atoms with Gasteiger partial charge in [-0.3, -0.25) is 0 Å². The molecule has 0 aromatic heterocycles. The van der Waals surface area contributed by atoms with E-state index in [1.807, 2.05) is 6.07 Å². The number of nitrogen functional groups attached to an aromatic ring is 2. The molecular formula is C29H35F5N2O3. The highest BCUT2D eigenvalue weighted by molar-refractivity contribution is 5.92. The van der Waals surface area contributed by atoms with Crippen molar-refractivity contribution in [2.45, 2.75) is 76.5 Å². The fraction of sp³-hybridized carbons (Fsp3) is 0.483. The lowest BCUT2D eigenvalue weighted by molar-refractivity contribution is -0.225. The molecule has 0 spiro atoms. The van der Waals surface area contributed by atoms with Crippen LogP contribution >= 0.6 is 0 Å². The topological polar surface area (TPSA) is 98.6 Å². The van der Waals surface area contributed by atoms with Gasteiger partial charge in [0.05, 0.1) is 5.92 Å². The monoisotopic (exact) mass is 554 g/mol. The van der Waals surface area contributed by atoms with Crippen molar-refractivity contribution in [1.82, 2.24) is 0 Å². The Morgan fingerprint density at radius 1 is 0.949 bits per heavy atom. The van der Waals surface area contributed by atoms with E-state index in [9.17, 15) is 31.9 Å². The van der Waals surface area contributed by atoms with E-state index in [0.717, 1.165) is 24.8 Å². The van der Waals surface area contributed by atoms with Gasteiger partial charge in [-0.25, -0.2) is 4.79 Å². The van der Waals surface area contributed by atoms with Gasteiger partial charge < -0.3 is 21.3 Å². The summed E-state index contributed by atoms with van der Waals surface area (Å²) in [7, 11) is 0. The Hall–Kier alpha value is -3.30. The van der Waals surface area contributed by atoms with Gasteiger partial charge in [0.1, 0.15) is 5.75 Å². The number of carbonyl (C=O) groups is 1. The number of aliphatic carboxylic acids is 1. The van der Waals surface area contributed by atoms with Gasteiger partial charge in [0.2, 0.25) is 0 Å². The SMILES string of the molecule is Nc1ccc(CCCCCC(=Cc2ccc(OC(F)(F)C3CCC(CC(F)(F)F)CC3)cc2)C(=O)O)c(N)c1. The highest BCUT2D eigenvalue weighted by Crippen LogP contribution is 2.42. The third-order valence-corrected chi connectivity index (χ3v) is 7.15. The molecule has 1 fully saturated rings. The van der Waals surface area contributed by atoms with E-state index in [-0.39, 0.29) is 37.0 Å². The van der Waals surface area contributed by atoms with E-state index >= 15 is 0 Å². The summed E-state index contributed by atoms with van der Waals surface area (Å²) < 4.78 is 72.0. The van der Waals surface area contributed by atoms with Crippen LogP contribution < -0.4 is 16.2 Å². The highest BCUT2D eigenvalue weighted by Gasteiger charge is 2.45. The lowest BCUT2D eigenvalue weighted by Gasteiger charge is -2.33. The summed E-state index contributed by atoms with van der Waals surface area (Å²) in [4.78, 5) is 11.7. The summed E-state index contributed by atoms with van der Waals surface area (Å²) in [6.45, 7) is 0. The maximum absolute atomic E-state index is 14.7. The molecule has 10 heteroatoms. The van der Waals surface area contributed by atoms with Crippen molar-refractivity contribution in [1.29, 1.82) is 0 Å². The number of carboxylic acids is 1. The Labute approximate surface area is 225 Å². The molecule has 0 atom stereocenters. The van der Waals surface area contributed by atoms with Crippen molar-refractivity contribution in [3.63, 3.8) is 0 Å². The molecule has 2 aromatic carbocycles. The van der Waals surface area contributed by atoms with E-state index in [2.05, 4.69) is 0 Å². The number of carboxylic acid groups (broad SMARTS) is 1. The van der Waals surface area contributed by atoms with E-state index < -0.39 is 36.5 Å². The van der Waals surface area contributed by atoms with Crippen molar-refractivity contribution < 1.29 is 36.6 Å². The van der Waals surface area contributed by atoms with Crippen molar-refractivity contribution in [2.24, 2.45) is 11.8 Å². The van der Waals surface area contributed by atoms with Gasteiger partial charge in [0.15, 0.2) is 0 Å². The Morgan fingerprint density at radius 2 is 1.62 bits per heavy atom. The Balaban J connectivity index is 1.49. The first-order chi connectivity index (χ1) is 18.3. The van der Waals surface area contributed by atoms with E-state index in [0.29, 0.717) is 29.8 Å². The van der Waals surface area contributed by atoms with E-state index in [4.69, 9.17) is 16.2 Å². The zero-order chi connectivity index (χ0) is 28.6. The number of benzene rings is 2. The zero-order valence-corrected chi connectivity index (χ0v) is 21.7. The molecule has 0 saturated heterocycles. The molecule has 1 aliphatic rings. The first kappa shape index (κ1) is 30.2. The molecule has 2 aromatic rings. The molecule has 0 heterocycles. The summed E-state index contributed by atoms with van der Waals surface area (Å²) >= 11 is 0. The highest BCUT2D eigenvalue weighted by atomic mass is 19.4. The molecule has 0 unspecified atom stereocenters. The van der Waals surface area contributed by atoms with Gasteiger partial charge in [0.25, 0.3) is 0 Å². The maximum atomic E-state index is 14.7. The Bertz CT molecular complexity index is 1120. The van der Waals surface area contributed by atoms with Crippen LogP contribution in [0.5, 0.6) is 5.75 Å². The predicted molar refractivity (Wildman–Crippen MR) is 141 cm³/mol. The van der Waals surface area contributed by atoms with E-state index in [1.165, 1.54) is 30.3 Å². The fourth-order valence-corrected chi connectivity index (χ4v) is 4.99. The number of nitrogens with two attached hydrogens (primary N) is 2. The average Bonchev–Trinajstić information content (AvgIpc) is 2.84. The minimum atomic E-state index is -4.29. The van der Waals surface area contributed by atoms with Gasteiger partial charge in [-0.1, -0.05) is 24.6 Å². The normalized spacial score (nSPS) is 18.6. The molecule has 1 aliphatic carbocycles. The molecule has 0 bridgehead atoms. The third kappa shape index (κ3) is 9.75. The largest absolute Gasteiger partial charge is 0.478 e. The molecule has 5 nitrogen and oxygen atoms in total. The molecule has 39 heavy (non-hydrogen) atoms. The molecule has 5 N–H and O–H groups in total. The van der Waals surface area contributed by atoms with Crippen LogP contribution in [0.25, 0.3) is 6.08 Å². The maximum Gasteiger partial charge on any atom is 0.400 e. The first-order valence-electron chi connectivity index (χ1n) is 13.1. The number of hydrogen-bond acceptors (Lipinski definition) is 4. The number of halogens is 5. The summed E-state index contributed by atoms with van der Waals surface area (Å²) in [5.74, 6) is -2.93. The smallest absolute Gasteiger partial charge is 0.400 e. The van der Waals surface area contributed by atoms with Crippen LogP contribution in [0, 0.1) is 11.8 Å². The number of rotatable bonds is 12. The molecule has 3 rings (SSSR count). The summed E-state index contributed by atoms with van der Waals surface area (Å²) in [5, 5.41) is 9.58. The second-order valence-corrected chi connectivity index (χ2v) is 10.3. The summed E-state index contributed by atoms with van der Waals surface area (Å²) in [6, 6.07) is 11.1. The predicted octanol–water partition coefficient (Wildman–Crippen LogP) is 7.85. The first-order valence-corrected chi connectivity index (χ1v) is 13.1. The third-order valence-electron chi connectivity index (χ3n) is 7.15. The van der Waals surface area contributed by atoms with Gasteiger partial charge >= 0.3 is 18.3 Å².